The van der Waals surface area contributed by atoms with Gasteiger partial charge in [-0.1, -0.05) is 24.3 Å². The first-order valence-electron chi connectivity index (χ1n) is 5.06. The summed E-state index contributed by atoms with van der Waals surface area (Å²) in [4.78, 5) is 27.2. The average molecular weight is 211 g/mol. The Morgan fingerprint density at radius 3 is 2.25 bits per heavy atom. The van der Waals surface area contributed by atoms with Crippen LogP contribution in [0.3, 0.4) is 0 Å². The summed E-state index contributed by atoms with van der Waals surface area (Å²) in [6.45, 7) is 1.80. The minimum absolute atomic E-state index is 0.0658. The lowest BCUT2D eigenvalue weighted by atomic mass is 9.85. The second-order valence-electron chi connectivity index (χ2n) is 3.91. The van der Waals surface area contributed by atoms with Crippen LogP contribution in [0.15, 0.2) is 30.5 Å². The maximum absolute atomic E-state index is 12.2. The number of fused-ring (bicyclic) bond motifs is 2. The molecule has 1 N–H and O–H groups in total. The first-order chi connectivity index (χ1) is 7.70. The lowest BCUT2D eigenvalue weighted by Crippen LogP contribution is -2.19. The number of aromatic amines is 1. The summed E-state index contributed by atoms with van der Waals surface area (Å²) in [6.07, 6.45) is 1.61. The van der Waals surface area contributed by atoms with Crippen LogP contribution in [-0.4, -0.2) is 16.6 Å². The van der Waals surface area contributed by atoms with E-state index in [-0.39, 0.29) is 11.6 Å². The predicted octanol–water partition coefficient (Wildman–Crippen LogP) is 2.10. The number of rotatable bonds is 0. The maximum Gasteiger partial charge on any atom is 0.196 e. The van der Waals surface area contributed by atoms with Gasteiger partial charge in [0.2, 0.25) is 0 Å². The molecule has 16 heavy (non-hydrogen) atoms. The molecule has 0 aliphatic heterocycles. The molecular formula is C13H9NO2. The summed E-state index contributed by atoms with van der Waals surface area (Å²) in [5.74, 6) is -0.140. The summed E-state index contributed by atoms with van der Waals surface area (Å²) in [7, 11) is 0. The van der Waals surface area contributed by atoms with Crippen molar-refractivity contribution in [2.24, 2.45) is 0 Å². The molecule has 1 heterocycles. The molecular weight excluding hydrogens is 202 g/mol. The van der Waals surface area contributed by atoms with E-state index >= 15 is 0 Å². The maximum atomic E-state index is 12.2. The molecule has 0 saturated heterocycles. The Bertz CT molecular complexity index is 623. The Morgan fingerprint density at radius 2 is 1.56 bits per heavy atom. The Morgan fingerprint density at radius 1 is 0.938 bits per heavy atom. The van der Waals surface area contributed by atoms with E-state index < -0.39 is 0 Å². The summed E-state index contributed by atoms with van der Waals surface area (Å²) in [5.41, 5.74) is 2.76. The third-order valence-corrected chi connectivity index (χ3v) is 2.97. The predicted molar refractivity (Wildman–Crippen MR) is 58.8 cm³/mol. The van der Waals surface area contributed by atoms with Crippen LogP contribution >= 0.6 is 0 Å². The van der Waals surface area contributed by atoms with Crippen molar-refractivity contribution in [2.75, 3.05) is 0 Å². The number of hydrogen-bond acceptors (Lipinski definition) is 2. The lowest BCUT2D eigenvalue weighted by Gasteiger charge is -2.14. The Labute approximate surface area is 92.1 Å². The highest BCUT2D eigenvalue weighted by molar-refractivity contribution is 6.28. The highest BCUT2D eigenvalue weighted by Gasteiger charge is 2.31. The van der Waals surface area contributed by atoms with Crippen LogP contribution in [0.25, 0.3) is 0 Å². The molecule has 1 aliphatic carbocycles. The standard InChI is InChI=1S/C13H9NO2/c1-7-11-10(6-14-7)12(15)8-4-2-3-5-9(8)13(11)16/h2-6,14H,1H3. The number of carbonyl (C=O) groups excluding carboxylic acids is 2. The number of hydrogen-bond donors (Lipinski definition) is 1. The van der Waals surface area contributed by atoms with Crippen LogP contribution < -0.4 is 0 Å². The number of nitrogens with one attached hydrogen (secondary N) is 1. The van der Waals surface area contributed by atoms with Crippen LogP contribution in [0, 0.1) is 6.92 Å². The van der Waals surface area contributed by atoms with Crippen molar-refractivity contribution in [3.63, 3.8) is 0 Å². The summed E-state index contributed by atoms with van der Waals surface area (Å²) < 4.78 is 0. The summed E-state index contributed by atoms with van der Waals surface area (Å²) in [5, 5.41) is 0. The van der Waals surface area contributed by atoms with Gasteiger partial charge in [0.25, 0.3) is 0 Å². The summed E-state index contributed by atoms with van der Waals surface area (Å²) in [6, 6.07) is 6.94. The van der Waals surface area contributed by atoms with E-state index in [4.69, 9.17) is 0 Å². The van der Waals surface area contributed by atoms with Gasteiger partial charge in [0.1, 0.15) is 0 Å². The van der Waals surface area contributed by atoms with Crippen molar-refractivity contribution in [3.05, 3.63) is 58.4 Å². The molecule has 3 rings (SSSR count). The van der Waals surface area contributed by atoms with Crippen LogP contribution in [0.2, 0.25) is 0 Å². The van der Waals surface area contributed by atoms with Gasteiger partial charge in [-0.25, -0.2) is 0 Å². The molecule has 0 spiro atoms. The van der Waals surface area contributed by atoms with Crippen LogP contribution in [0.4, 0.5) is 0 Å². The Kier molecular flexibility index (Phi) is 1.66. The minimum atomic E-state index is -0.0745. The van der Waals surface area contributed by atoms with E-state index in [1.165, 1.54) is 0 Å². The minimum Gasteiger partial charge on any atom is -0.364 e. The van der Waals surface area contributed by atoms with E-state index in [9.17, 15) is 9.59 Å². The lowest BCUT2D eigenvalue weighted by molar-refractivity contribution is 0.0979. The molecule has 78 valence electrons. The molecule has 0 atom stereocenters. The van der Waals surface area contributed by atoms with Crippen molar-refractivity contribution in [3.8, 4) is 0 Å². The fraction of sp³-hybridized carbons (Fsp3) is 0.0769. The smallest absolute Gasteiger partial charge is 0.196 e. The van der Waals surface area contributed by atoms with E-state index in [2.05, 4.69) is 4.98 Å². The molecule has 1 aromatic carbocycles. The van der Waals surface area contributed by atoms with E-state index in [1.54, 1.807) is 37.4 Å². The van der Waals surface area contributed by atoms with E-state index in [0.717, 1.165) is 5.69 Å². The topological polar surface area (TPSA) is 49.9 Å². The van der Waals surface area contributed by atoms with Gasteiger partial charge < -0.3 is 4.98 Å². The molecule has 0 unspecified atom stereocenters. The van der Waals surface area contributed by atoms with Crippen molar-refractivity contribution < 1.29 is 9.59 Å². The zero-order chi connectivity index (χ0) is 11.3. The fourth-order valence-electron chi connectivity index (χ4n) is 2.16. The van der Waals surface area contributed by atoms with E-state index in [0.29, 0.717) is 22.3 Å². The third-order valence-electron chi connectivity index (χ3n) is 2.97. The first-order valence-corrected chi connectivity index (χ1v) is 5.06. The summed E-state index contributed by atoms with van der Waals surface area (Å²) >= 11 is 0. The number of benzene rings is 1. The molecule has 0 amide bonds. The van der Waals surface area contributed by atoms with Crippen LogP contribution in [0.1, 0.15) is 37.5 Å². The number of carbonyl (C=O) groups is 2. The van der Waals surface area contributed by atoms with Gasteiger partial charge in [-0.3, -0.25) is 9.59 Å². The molecule has 0 bridgehead atoms. The van der Waals surface area contributed by atoms with Crippen molar-refractivity contribution in [2.45, 2.75) is 6.92 Å². The number of ketones is 2. The molecule has 0 saturated carbocycles. The largest absolute Gasteiger partial charge is 0.364 e. The van der Waals surface area contributed by atoms with Crippen molar-refractivity contribution >= 4 is 11.6 Å². The Balaban J connectivity index is 2.36. The first kappa shape index (κ1) is 9.09. The Hall–Kier alpha value is -2.16. The molecule has 3 heteroatoms. The fourth-order valence-corrected chi connectivity index (χ4v) is 2.16. The quantitative estimate of drug-likeness (QED) is 0.619. The van der Waals surface area contributed by atoms with Gasteiger partial charge >= 0.3 is 0 Å². The van der Waals surface area contributed by atoms with Gasteiger partial charge in [-0.05, 0) is 6.92 Å². The average Bonchev–Trinajstić information content (AvgIpc) is 2.69. The van der Waals surface area contributed by atoms with Gasteiger partial charge in [0.15, 0.2) is 11.6 Å². The van der Waals surface area contributed by atoms with Crippen molar-refractivity contribution in [1.82, 2.24) is 4.98 Å². The number of aromatic nitrogens is 1. The number of H-pyrrole nitrogens is 1. The molecule has 2 aromatic rings. The monoisotopic (exact) mass is 211 g/mol. The molecule has 3 nitrogen and oxygen atoms in total. The van der Waals surface area contributed by atoms with Crippen LogP contribution in [0.5, 0.6) is 0 Å². The highest BCUT2D eigenvalue weighted by Crippen LogP contribution is 2.28. The van der Waals surface area contributed by atoms with Gasteiger partial charge in [-0.15, -0.1) is 0 Å². The zero-order valence-corrected chi connectivity index (χ0v) is 8.70. The molecule has 0 radical (unpaired) electrons. The highest BCUT2D eigenvalue weighted by atomic mass is 16.1. The SMILES string of the molecule is Cc1[nH]cc2c1C(=O)c1ccccc1C2=O. The zero-order valence-electron chi connectivity index (χ0n) is 8.70. The van der Waals surface area contributed by atoms with Gasteiger partial charge in [0.05, 0.1) is 11.1 Å². The van der Waals surface area contributed by atoms with Crippen LogP contribution in [-0.2, 0) is 0 Å². The molecule has 1 aliphatic rings. The normalized spacial score (nSPS) is 13.6. The molecule has 0 fully saturated rings. The second-order valence-corrected chi connectivity index (χ2v) is 3.91. The van der Waals surface area contributed by atoms with Gasteiger partial charge in [-0.2, -0.15) is 0 Å². The van der Waals surface area contributed by atoms with Gasteiger partial charge in [0, 0.05) is 23.0 Å². The van der Waals surface area contributed by atoms with Crippen molar-refractivity contribution in [1.29, 1.82) is 0 Å². The van der Waals surface area contributed by atoms with E-state index in [1.807, 2.05) is 0 Å². The number of aryl methyl sites for hydroxylation is 1. The third kappa shape index (κ3) is 0.972. The second kappa shape index (κ2) is 2.92. The molecule has 1 aromatic heterocycles.